The molecule has 5 heteroatoms. The van der Waals surface area contributed by atoms with Crippen LogP contribution in [0.25, 0.3) is 0 Å². The fraction of sp³-hybridized carbons (Fsp3) is 0.611. The molecule has 1 N–H and O–H groups in total. The van der Waals surface area contributed by atoms with Crippen LogP contribution in [0.1, 0.15) is 19.4 Å². The molecule has 0 aliphatic carbocycles. The number of amides is 1. The van der Waals surface area contributed by atoms with Crippen molar-refractivity contribution >= 4 is 5.91 Å². The van der Waals surface area contributed by atoms with E-state index in [-0.39, 0.29) is 5.91 Å². The van der Waals surface area contributed by atoms with E-state index in [1.807, 2.05) is 44.2 Å². The summed E-state index contributed by atoms with van der Waals surface area (Å²) >= 11 is 0. The molecule has 0 saturated carbocycles. The molecule has 1 saturated heterocycles. The van der Waals surface area contributed by atoms with Gasteiger partial charge in [0.2, 0.25) is 5.91 Å². The fourth-order valence-electron chi connectivity index (χ4n) is 2.99. The number of aliphatic hydroxyl groups is 1. The number of likely N-dealkylation sites (N-methyl/N-ethyl adjacent to an activating group) is 1. The number of nitrogens with zero attached hydrogens (tertiary/aromatic N) is 2. The Morgan fingerprint density at radius 1 is 1.30 bits per heavy atom. The van der Waals surface area contributed by atoms with Crippen molar-refractivity contribution in [2.45, 2.75) is 25.4 Å². The number of β-amino-alcohol motifs (C(OH)–C–C–N with tert-alkyl or cyclic N) is 1. The molecule has 1 unspecified atom stereocenters. The minimum atomic E-state index is -0.602. The van der Waals surface area contributed by atoms with E-state index in [1.54, 1.807) is 11.9 Å². The highest BCUT2D eigenvalue weighted by molar-refractivity contribution is 5.87. The molecule has 0 bridgehead atoms. The maximum atomic E-state index is 12.8. The molecule has 128 valence electrons. The molecule has 1 aromatic rings. The highest BCUT2D eigenvalue weighted by Crippen LogP contribution is 2.25. The summed E-state index contributed by atoms with van der Waals surface area (Å²) in [5, 5.41) is 10.3. The van der Waals surface area contributed by atoms with Crippen molar-refractivity contribution < 1.29 is 14.6 Å². The van der Waals surface area contributed by atoms with Gasteiger partial charge in [0, 0.05) is 33.2 Å². The van der Waals surface area contributed by atoms with Crippen molar-refractivity contribution in [1.29, 1.82) is 0 Å². The molecule has 5 nitrogen and oxygen atoms in total. The van der Waals surface area contributed by atoms with Crippen molar-refractivity contribution in [2.24, 2.45) is 0 Å². The van der Waals surface area contributed by atoms with E-state index in [1.165, 1.54) is 0 Å². The van der Waals surface area contributed by atoms with Gasteiger partial charge in [-0.05, 0) is 19.4 Å². The van der Waals surface area contributed by atoms with E-state index < -0.39 is 11.5 Å². The van der Waals surface area contributed by atoms with Crippen LogP contribution in [0.4, 0.5) is 0 Å². The van der Waals surface area contributed by atoms with Crippen LogP contribution >= 0.6 is 0 Å². The van der Waals surface area contributed by atoms with Gasteiger partial charge in [-0.2, -0.15) is 0 Å². The smallest absolute Gasteiger partial charge is 0.232 e. The van der Waals surface area contributed by atoms with E-state index in [9.17, 15) is 9.90 Å². The Hall–Kier alpha value is -1.43. The van der Waals surface area contributed by atoms with E-state index in [4.69, 9.17) is 4.74 Å². The van der Waals surface area contributed by atoms with Gasteiger partial charge in [-0.15, -0.1) is 0 Å². The highest BCUT2D eigenvalue weighted by atomic mass is 16.5. The van der Waals surface area contributed by atoms with Crippen molar-refractivity contribution in [1.82, 2.24) is 9.80 Å². The maximum Gasteiger partial charge on any atom is 0.232 e. The maximum absolute atomic E-state index is 12.8. The normalized spacial score (nSPS) is 17.7. The summed E-state index contributed by atoms with van der Waals surface area (Å²) < 4.78 is 5.31. The minimum Gasteiger partial charge on any atom is -0.390 e. The number of aliphatic hydroxyl groups excluding tert-OH is 1. The van der Waals surface area contributed by atoms with Gasteiger partial charge >= 0.3 is 0 Å². The number of rotatable bonds is 6. The predicted molar refractivity (Wildman–Crippen MR) is 90.4 cm³/mol. The zero-order chi connectivity index (χ0) is 16.9. The zero-order valence-electron chi connectivity index (χ0n) is 14.4. The van der Waals surface area contributed by atoms with Crippen LogP contribution < -0.4 is 0 Å². The van der Waals surface area contributed by atoms with Gasteiger partial charge in [0.15, 0.2) is 0 Å². The lowest BCUT2D eigenvalue weighted by atomic mass is 9.83. The number of carbonyl (C=O) groups excluding carboxylic acids is 1. The number of hydrogen-bond acceptors (Lipinski definition) is 4. The van der Waals surface area contributed by atoms with Crippen molar-refractivity contribution in [3.8, 4) is 0 Å². The first kappa shape index (κ1) is 17.9. The second kappa shape index (κ2) is 7.90. The molecule has 1 heterocycles. The average Bonchev–Trinajstić information content (AvgIpc) is 2.55. The first-order valence-electron chi connectivity index (χ1n) is 8.20. The topological polar surface area (TPSA) is 53.0 Å². The second-order valence-corrected chi connectivity index (χ2v) is 6.74. The monoisotopic (exact) mass is 320 g/mol. The zero-order valence-corrected chi connectivity index (χ0v) is 14.4. The van der Waals surface area contributed by atoms with Gasteiger partial charge in [0.25, 0.3) is 0 Å². The molecule has 1 fully saturated rings. The van der Waals surface area contributed by atoms with Crippen LogP contribution in [-0.4, -0.2) is 73.4 Å². The lowest BCUT2D eigenvalue weighted by Gasteiger charge is -2.33. The third kappa shape index (κ3) is 4.77. The summed E-state index contributed by atoms with van der Waals surface area (Å²) in [6, 6.07) is 9.76. The van der Waals surface area contributed by atoms with Crippen LogP contribution in [0.3, 0.4) is 0 Å². The standard InChI is InChI=1S/C18H28N2O3/c1-18(2,15-7-5-4-6-8-15)17(22)19(3)13-16(21)14-20-9-11-23-12-10-20/h4-8,16,21H,9-14H2,1-3H3. The first-order chi connectivity index (χ1) is 10.9. The minimum absolute atomic E-state index is 0.0183. The summed E-state index contributed by atoms with van der Waals surface area (Å²) in [4.78, 5) is 16.6. The summed E-state index contributed by atoms with van der Waals surface area (Å²) in [6.45, 7) is 7.86. The van der Waals surface area contributed by atoms with Crippen LogP contribution in [0.15, 0.2) is 30.3 Å². The van der Waals surface area contributed by atoms with Crippen LogP contribution in [-0.2, 0) is 14.9 Å². The van der Waals surface area contributed by atoms with Gasteiger partial charge in [-0.25, -0.2) is 0 Å². The molecular formula is C18H28N2O3. The second-order valence-electron chi connectivity index (χ2n) is 6.74. The third-order valence-electron chi connectivity index (χ3n) is 4.43. The molecule has 0 radical (unpaired) electrons. The summed E-state index contributed by atoms with van der Waals surface area (Å²) in [5.41, 5.74) is 0.383. The van der Waals surface area contributed by atoms with Crippen LogP contribution in [0, 0.1) is 0 Å². The Labute approximate surface area is 138 Å². The molecule has 1 amide bonds. The van der Waals surface area contributed by atoms with Crippen LogP contribution in [0.5, 0.6) is 0 Å². The number of hydrogen-bond donors (Lipinski definition) is 1. The lowest BCUT2D eigenvalue weighted by Crippen LogP contribution is -2.48. The van der Waals surface area contributed by atoms with Crippen molar-refractivity contribution in [2.75, 3.05) is 46.4 Å². The van der Waals surface area contributed by atoms with Crippen LogP contribution in [0.2, 0.25) is 0 Å². The molecule has 1 aliphatic heterocycles. The number of morpholine rings is 1. The fourth-order valence-corrected chi connectivity index (χ4v) is 2.99. The largest absolute Gasteiger partial charge is 0.390 e. The summed E-state index contributed by atoms with van der Waals surface area (Å²) in [5.74, 6) is 0.0183. The Morgan fingerprint density at radius 2 is 1.91 bits per heavy atom. The van der Waals surface area contributed by atoms with E-state index in [2.05, 4.69) is 4.90 Å². The van der Waals surface area contributed by atoms with E-state index in [0.29, 0.717) is 26.3 Å². The molecule has 23 heavy (non-hydrogen) atoms. The molecule has 1 aliphatic rings. The predicted octanol–water partition coefficient (Wildman–Crippen LogP) is 1.12. The number of ether oxygens (including phenoxy) is 1. The van der Waals surface area contributed by atoms with E-state index in [0.717, 1.165) is 18.7 Å². The molecule has 1 aromatic carbocycles. The summed E-state index contributed by atoms with van der Waals surface area (Å²) in [7, 11) is 1.76. The van der Waals surface area contributed by atoms with Gasteiger partial charge in [-0.3, -0.25) is 9.69 Å². The third-order valence-corrected chi connectivity index (χ3v) is 4.43. The Balaban J connectivity index is 1.91. The Bertz CT molecular complexity index is 498. The van der Waals surface area contributed by atoms with Crippen molar-refractivity contribution in [3.05, 3.63) is 35.9 Å². The lowest BCUT2D eigenvalue weighted by molar-refractivity contribution is -0.136. The van der Waals surface area contributed by atoms with Gasteiger partial charge in [0.05, 0.1) is 24.7 Å². The Morgan fingerprint density at radius 3 is 2.52 bits per heavy atom. The number of carbonyl (C=O) groups is 1. The quantitative estimate of drug-likeness (QED) is 0.853. The van der Waals surface area contributed by atoms with Gasteiger partial charge in [-0.1, -0.05) is 30.3 Å². The average molecular weight is 320 g/mol. The Kier molecular flexibility index (Phi) is 6.16. The van der Waals surface area contributed by atoms with Gasteiger partial charge < -0.3 is 14.7 Å². The molecule has 1 atom stereocenters. The van der Waals surface area contributed by atoms with Crippen molar-refractivity contribution in [3.63, 3.8) is 0 Å². The highest BCUT2D eigenvalue weighted by Gasteiger charge is 2.33. The molecule has 0 aromatic heterocycles. The summed E-state index contributed by atoms with van der Waals surface area (Å²) in [6.07, 6.45) is -0.548. The van der Waals surface area contributed by atoms with Gasteiger partial charge in [0.1, 0.15) is 0 Å². The van der Waals surface area contributed by atoms with E-state index >= 15 is 0 Å². The SMILES string of the molecule is CN(CC(O)CN1CCOCC1)C(=O)C(C)(C)c1ccccc1. The molecule has 2 rings (SSSR count). The first-order valence-corrected chi connectivity index (χ1v) is 8.20. The molecule has 0 spiro atoms. The molecular weight excluding hydrogens is 292 g/mol. The number of benzene rings is 1.